The Morgan fingerprint density at radius 1 is 1.22 bits per heavy atom. The highest BCUT2D eigenvalue weighted by Crippen LogP contribution is 2.49. The van der Waals surface area contributed by atoms with Crippen LogP contribution in [0.5, 0.6) is 11.5 Å². The summed E-state index contributed by atoms with van der Waals surface area (Å²) < 4.78 is 27.1. The van der Waals surface area contributed by atoms with Crippen molar-refractivity contribution in [2.24, 2.45) is 10.9 Å². The molecule has 2 aromatic carbocycles. The predicted molar refractivity (Wildman–Crippen MR) is 133 cm³/mol. The lowest BCUT2D eigenvalue weighted by atomic mass is 9.88. The Balaban J connectivity index is 1.28. The summed E-state index contributed by atoms with van der Waals surface area (Å²) in [6.07, 6.45) is 1.86. The van der Waals surface area contributed by atoms with Gasteiger partial charge in [0.1, 0.15) is 11.5 Å². The minimum Gasteiger partial charge on any atom is -0.444 e. The Kier molecular flexibility index (Phi) is 6.44. The Labute approximate surface area is 213 Å². The summed E-state index contributed by atoms with van der Waals surface area (Å²) in [7, 11) is 0. The average Bonchev–Trinajstić information content (AvgIpc) is 3.22. The first kappa shape index (κ1) is 24.3. The zero-order valence-electron chi connectivity index (χ0n) is 20.0. The van der Waals surface area contributed by atoms with Gasteiger partial charge in [-0.05, 0) is 74.7 Å². The van der Waals surface area contributed by atoms with Crippen molar-refractivity contribution >= 4 is 17.4 Å². The van der Waals surface area contributed by atoms with Crippen LogP contribution in [0.3, 0.4) is 0 Å². The third-order valence-corrected chi connectivity index (χ3v) is 7.12. The molecular weight excluding hydrogens is 485 g/mol. The van der Waals surface area contributed by atoms with Gasteiger partial charge in [-0.1, -0.05) is 28.9 Å². The van der Waals surface area contributed by atoms with Crippen LogP contribution in [-0.4, -0.2) is 39.2 Å². The minimum absolute atomic E-state index is 0.0607. The van der Waals surface area contributed by atoms with Gasteiger partial charge < -0.3 is 20.4 Å². The molecule has 2 aliphatic heterocycles. The summed E-state index contributed by atoms with van der Waals surface area (Å²) in [5.41, 5.74) is 9.14. The van der Waals surface area contributed by atoms with Crippen molar-refractivity contribution in [1.29, 1.82) is 0 Å². The molecule has 3 N–H and O–H groups in total. The molecule has 2 aliphatic rings. The maximum absolute atomic E-state index is 14.7. The number of amidine groups is 1. The van der Waals surface area contributed by atoms with E-state index < -0.39 is 11.6 Å². The summed E-state index contributed by atoms with van der Waals surface area (Å²) in [4.78, 5) is 2.34. The van der Waals surface area contributed by atoms with E-state index in [0.29, 0.717) is 34.3 Å². The molecule has 0 saturated carbocycles. The first-order valence-corrected chi connectivity index (χ1v) is 12.1. The number of oxime groups is 1. The predicted octanol–water partition coefficient (Wildman–Crippen LogP) is 4.70. The third kappa shape index (κ3) is 4.56. The maximum Gasteiger partial charge on any atom is 0.278 e. The lowest BCUT2D eigenvalue weighted by Gasteiger charge is -2.32. The molecule has 0 aliphatic carbocycles. The van der Waals surface area contributed by atoms with Gasteiger partial charge in [-0.2, -0.15) is 5.10 Å². The molecule has 0 amide bonds. The molecule has 188 valence electrons. The van der Waals surface area contributed by atoms with E-state index in [0.717, 1.165) is 42.8 Å². The number of para-hydroxylation sites is 1. The van der Waals surface area contributed by atoms with Gasteiger partial charge in [0.25, 0.3) is 5.79 Å². The summed E-state index contributed by atoms with van der Waals surface area (Å²) in [6, 6.07) is 12.1. The fraction of sp³-hybridized carbons (Fsp3) is 0.346. The van der Waals surface area contributed by atoms with E-state index in [-0.39, 0.29) is 11.8 Å². The average molecular weight is 512 g/mol. The molecule has 1 saturated heterocycles. The van der Waals surface area contributed by atoms with Crippen molar-refractivity contribution in [3.05, 3.63) is 81.4 Å². The summed E-state index contributed by atoms with van der Waals surface area (Å²) in [5, 5.41) is 20.5. The second kappa shape index (κ2) is 9.55. The smallest absolute Gasteiger partial charge is 0.278 e. The highest BCUT2D eigenvalue weighted by Gasteiger charge is 2.42. The molecule has 0 spiro atoms. The van der Waals surface area contributed by atoms with E-state index in [9.17, 15) is 4.39 Å². The van der Waals surface area contributed by atoms with E-state index in [2.05, 4.69) is 26.3 Å². The maximum atomic E-state index is 14.7. The first-order valence-electron chi connectivity index (χ1n) is 11.8. The molecule has 8 nitrogen and oxygen atoms in total. The zero-order valence-corrected chi connectivity index (χ0v) is 20.8. The second-order valence-corrected chi connectivity index (χ2v) is 9.78. The van der Waals surface area contributed by atoms with E-state index in [4.69, 9.17) is 32.0 Å². The molecule has 36 heavy (non-hydrogen) atoms. The number of hydrogen-bond donors (Lipinski definition) is 2. The monoisotopic (exact) mass is 511 g/mol. The molecule has 1 aromatic heterocycles. The van der Waals surface area contributed by atoms with Gasteiger partial charge in [-0.15, -0.1) is 5.10 Å². The number of fused-ring (bicyclic) bond motifs is 1. The SMILES string of the molecule is Cc1cc(C(N)=NO)nnc1CN1CCC(c2cccc3c2OC(C)(c2ccc(Cl)cc2F)O3)CC1. The van der Waals surface area contributed by atoms with E-state index in [1.807, 2.05) is 19.1 Å². The molecule has 0 bridgehead atoms. The number of nitrogens with two attached hydrogens (primary N) is 1. The summed E-state index contributed by atoms with van der Waals surface area (Å²) >= 11 is 5.93. The largest absolute Gasteiger partial charge is 0.444 e. The van der Waals surface area contributed by atoms with Gasteiger partial charge in [-0.3, -0.25) is 4.90 Å². The number of ether oxygens (including phenoxy) is 2. The molecular formula is C26H27ClFN5O3. The van der Waals surface area contributed by atoms with Crippen molar-refractivity contribution in [3.8, 4) is 11.5 Å². The summed E-state index contributed by atoms with van der Waals surface area (Å²) in [5.74, 6) is -0.218. The number of aryl methyl sites for hydroxylation is 1. The number of halogens is 2. The van der Waals surface area contributed by atoms with Crippen molar-refractivity contribution in [3.63, 3.8) is 0 Å². The van der Waals surface area contributed by atoms with Crippen molar-refractivity contribution in [2.75, 3.05) is 13.1 Å². The molecule has 3 aromatic rings. The van der Waals surface area contributed by atoms with Crippen molar-refractivity contribution < 1.29 is 19.1 Å². The highest BCUT2D eigenvalue weighted by atomic mass is 35.5. The number of piperidine rings is 1. The number of hydrogen-bond acceptors (Lipinski definition) is 7. The van der Waals surface area contributed by atoms with Crippen molar-refractivity contribution in [1.82, 2.24) is 15.1 Å². The van der Waals surface area contributed by atoms with Crippen LogP contribution in [0.2, 0.25) is 5.02 Å². The lowest BCUT2D eigenvalue weighted by molar-refractivity contribution is -0.0712. The molecule has 0 radical (unpaired) electrons. The lowest BCUT2D eigenvalue weighted by Crippen LogP contribution is -2.34. The molecule has 5 rings (SSSR count). The number of likely N-dealkylation sites (tertiary alicyclic amines) is 1. The Morgan fingerprint density at radius 3 is 2.69 bits per heavy atom. The van der Waals surface area contributed by atoms with Gasteiger partial charge in [0.05, 0.1) is 11.3 Å². The van der Waals surface area contributed by atoms with Crippen molar-refractivity contribution in [2.45, 2.75) is 44.9 Å². The van der Waals surface area contributed by atoms with Crippen LogP contribution in [-0.2, 0) is 12.3 Å². The van der Waals surface area contributed by atoms with Crippen LogP contribution in [0, 0.1) is 12.7 Å². The minimum atomic E-state index is -1.26. The zero-order chi connectivity index (χ0) is 25.4. The number of aromatic nitrogens is 2. The topological polar surface area (TPSA) is 106 Å². The van der Waals surface area contributed by atoms with Crippen LogP contribution in [0.1, 0.15) is 53.8 Å². The van der Waals surface area contributed by atoms with Crippen LogP contribution in [0.4, 0.5) is 4.39 Å². The van der Waals surface area contributed by atoms with Gasteiger partial charge in [0.15, 0.2) is 17.3 Å². The van der Waals surface area contributed by atoms with Crippen LogP contribution in [0.15, 0.2) is 47.6 Å². The number of rotatable bonds is 5. The Bertz CT molecular complexity index is 1330. The molecule has 1 atom stereocenters. The highest BCUT2D eigenvalue weighted by molar-refractivity contribution is 6.30. The van der Waals surface area contributed by atoms with Gasteiger partial charge in [0, 0.05) is 24.1 Å². The fourth-order valence-electron chi connectivity index (χ4n) is 4.89. The fourth-order valence-corrected chi connectivity index (χ4v) is 5.05. The Morgan fingerprint density at radius 2 is 2.00 bits per heavy atom. The molecule has 1 fully saturated rings. The molecule has 3 heterocycles. The van der Waals surface area contributed by atoms with Gasteiger partial charge in [-0.25, -0.2) is 4.39 Å². The third-order valence-electron chi connectivity index (χ3n) is 6.89. The van der Waals surface area contributed by atoms with Crippen LogP contribution >= 0.6 is 11.6 Å². The number of nitrogens with zero attached hydrogens (tertiary/aromatic N) is 4. The van der Waals surface area contributed by atoms with Crippen LogP contribution < -0.4 is 15.2 Å². The second-order valence-electron chi connectivity index (χ2n) is 9.34. The Hall–Kier alpha value is -3.43. The molecule has 10 heteroatoms. The summed E-state index contributed by atoms with van der Waals surface area (Å²) in [6.45, 7) is 6.08. The quantitative estimate of drug-likeness (QED) is 0.221. The van der Waals surface area contributed by atoms with E-state index >= 15 is 0 Å². The molecule has 1 unspecified atom stereocenters. The van der Waals surface area contributed by atoms with Crippen LogP contribution in [0.25, 0.3) is 0 Å². The van der Waals surface area contributed by atoms with Gasteiger partial charge >= 0.3 is 0 Å². The van der Waals surface area contributed by atoms with E-state index in [1.54, 1.807) is 25.1 Å². The van der Waals surface area contributed by atoms with E-state index in [1.165, 1.54) is 6.07 Å². The van der Waals surface area contributed by atoms with Gasteiger partial charge in [0.2, 0.25) is 0 Å². The standard InChI is InChI=1S/C26H27ClFN5O3/c1-15-12-21(25(29)32-34)30-31-22(15)14-33-10-8-16(9-11-33)18-4-3-5-23-24(18)36-26(2,35-23)19-7-6-17(27)13-20(19)28/h3-7,12-13,16,34H,8-11,14H2,1-2H3,(H2,29,32). The number of benzene rings is 2. The first-order chi connectivity index (χ1) is 17.3. The normalized spacial score (nSPS) is 20.6.